The van der Waals surface area contributed by atoms with Gasteiger partial charge in [-0.15, -0.1) is 17.7 Å². The van der Waals surface area contributed by atoms with Crippen molar-refractivity contribution in [3.8, 4) is 11.1 Å². The number of para-hydroxylation sites is 1. The van der Waals surface area contributed by atoms with Gasteiger partial charge in [0.25, 0.3) is 0 Å². The molecule has 0 aliphatic carbocycles. The highest BCUT2D eigenvalue weighted by molar-refractivity contribution is 7.80. The maximum atomic E-state index is 12.0. The number of allylic oxidation sites excluding steroid dienone is 6. The first-order chi connectivity index (χ1) is 22.3. The summed E-state index contributed by atoms with van der Waals surface area (Å²) in [6.07, 6.45) is 9.80. The summed E-state index contributed by atoms with van der Waals surface area (Å²) >= 11 is 4.69. The Kier molecular flexibility index (Phi) is 9.70. The third-order valence-corrected chi connectivity index (χ3v) is 7.61. The van der Waals surface area contributed by atoms with Crippen LogP contribution in [-0.4, -0.2) is 22.4 Å². The van der Waals surface area contributed by atoms with Crippen molar-refractivity contribution in [2.45, 2.75) is 4.90 Å². The first kappa shape index (κ1) is 31.4. The number of hydrogen-bond acceptors (Lipinski definition) is 4. The van der Waals surface area contributed by atoms with Crippen LogP contribution in [0.4, 0.5) is 21.0 Å². The van der Waals surface area contributed by atoms with Gasteiger partial charge in [-0.05, 0) is 33.9 Å². The summed E-state index contributed by atoms with van der Waals surface area (Å²) in [6.45, 7) is 7.40. The molecule has 2 N–H and O–H groups in total. The summed E-state index contributed by atoms with van der Waals surface area (Å²) < 4.78 is 0. The van der Waals surface area contributed by atoms with Gasteiger partial charge in [0, 0.05) is 27.6 Å². The maximum absolute atomic E-state index is 12.0. The molecular weight excluding hydrogens is 596 g/mol. The number of carbonyl (C=O) groups is 2. The van der Waals surface area contributed by atoms with Crippen LogP contribution in [0.15, 0.2) is 158 Å². The molecule has 0 radical (unpaired) electrons. The molecule has 228 valence electrons. The summed E-state index contributed by atoms with van der Waals surface area (Å²) in [5, 5.41) is 23.7. The van der Waals surface area contributed by atoms with Crippen LogP contribution < -0.4 is 9.96 Å². The van der Waals surface area contributed by atoms with Crippen LogP contribution in [-0.2, 0) is 4.84 Å². The highest BCUT2D eigenvalue weighted by atomic mass is 32.1. The van der Waals surface area contributed by atoms with E-state index in [4.69, 9.17) is 4.84 Å². The van der Waals surface area contributed by atoms with E-state index in [2.05, 4.69) is 25.8 Å². The van der Waals surface area contributed by atoms with Crippen LogP contribution in [0.1, 0.15) is 5.56 Å². The Labute approximate surface area is 271 Å². The van der Waals surface area contributed by atoms with Crippen molar-refractivity contribution in [3.63, 3.8) is 0 Å². The molecule has 0 aromatic heterocycles. The van der Waals surface area contributed by atoms with Crippen molar-refractivity contribution < 1.29 is 24.6 Å². The lowest BCUT2D eigenvalue weighted by Gasteiger charge is -2.21. The van der Waals surface area contributed by atoms with Crippen LogP contribution in [0, 0.1) is 0 Å². The van der Waals surface area contributed by atoms with E-state index in [-0.39, 0.29) is 0 Å². The second kappa shape index (κ2) is 14.2. The first-order valence-corrected chi connectivity index (χ1v) is 14.6. The summed E-state index contributed by atoms with van der Waals surface area (Å²) in [5.74, 6) is 0.314. The molecule has 0 atom stereocenters. The highest BCUT2D eigenvalue weighted by Gasteiger charge is 2.27. The Morgan fingerprint density at radius 3 is 1.87 bits per heavy atom. The average Bonchev–Trinajstić information content (AvgIpc) is 3.20. The van der Waals surface area contributed by atoms with Gasteiger partial charge in [-0.3, -0.25) is 4.90 Å². The van der Waals surface area contributed by atoms with Crippen molar-refractivity contribution in [2.75, 3.05) is 9.96 Å². The van der Waals surface area contributed by atoms with E-state index in [9.17, 15) is 19.8 Å². The molecule has 1 aliphatic heterocycles. The lowest BCUT2D eigenvalue weighted by Crippen LogP contribution is -2.28. The molecule has 0 unspecified atom stereocenters. The number of nitrogens with zero attached hydrogens (tertiary/aromatic N) is 2. The van der Waals surface area contributed by atoms with Gasteiger partial charge in [0.1, 0.15) is 0 Å². The van der Waals surface area contributed by atoms with Gasteiger partial charge in [0.05, 0.1) is 11.4 Å². The number of rotatable bonds is 5. The number of amides is 2. The molecular formula is C38H30N2O5S. The Hall–Kier alpha value is -5.99. The smallest absolute Gasteiger partial charge is 0.445 e. The van der Waals surface area contributed by atoms with Gasteiger partial charge < -0.3 is 15.1 Å². The SMILES string of the molecule is C=C/C=C/C=C/C=C/N(C(=O)O)c1c(S)c2ccccc2c2ccccc12.C=C1ON(C(=O)O)c2ccccc2-c2ccccc21. The van der Waals surface area contributed by atoms with Crippen LogP contribution in [0.3, 0.4) is 0 Å². The quantitative estimate of drug-likeness (QED) is 0.103. The number of hydroxylamine groups is 1. The minimum atomic E-state index is -1.18. The van der Waals surface area contributed by atoms with E-state index in [1.165, 1.54) is 11.1 Å². The molecule has 8 heteroatoms. The van der Waals surface area contributed by atoms with Gasteiger partial charge in [-0.25, -0.2) is 9.59 Å². The summed E-state index contributed by atoms with van der Waals surface area (Å²) in [4.78, 5) is 30.5. The highest BCUT2D eigenvalue weighted by Crippen LogP contribution is 2.41. The predicted molar refractivity (Wildman–Crippen MR) is 189 cm³/mol. The van der Waals surface area contributed by atoms with E-state index in [0.29, 0.717) is 22.0 Å². The molecule has 0 bridgehead atoms. The van der Waals surface area contributed by atoms with E-state index < -0.39 is 12.2 Å². The molecule has 0 saturated carbocycles. The molecule has 5 aromatic carbocycles. The zero-order chi connectivity index (χ0) is 32.6. The first-order valence-electron chi connectivity index (χ1n) is 14.2. The normalized spacial score (nSPS) is 12.4. The molecule has 0 fully saturated rings. The van der Waals surface area contributed by atoms with Crippen molar-refractivity contribution >= 4 is 63.5 Å². The minimum Gasteiger partial charge on any atom is -0.464 e. The van der Waals surface area contributed by atoms with Gasteiger partial charge in [-0.1, -0.05) is 135 Å². The van der Waals surface area contributed by atoms with E-state index >= 15 is 0 Å². The summed E-state index contributed by atoms with van der Waals surface area (Å²) in [5.41, 5.74) is 3.54. The average molecular weight is 627 g/mol. The second-order valence-electron chi connectivity index (χ2n) is 9.94. The zero-order valence-corrected chi connectivity index (χ0v) is 25.5. The molecule has 5 aromatic rings. The fourth-order valence-corrected chi connectivity index (χ4v) is 5.60. The van der Waals surface area contributed by atoms with Crippen molar-refractivity contribution in [1.29, 1.82) is 0 Å². The Bertz CT molecular complexity index is 2060. The molecule has 0 saturated heterocycles. The van der Waals surface area contributed by atoms with E-state index in [1.807, 2.05) is 91.0 Å². The van der Waals surface area contributed by atoms with E-state index in [1.54, 1.807) is 42.5 Å². The van der Waals surface area contributed by atoms with Gasteiger partial charge in [-0.2, -0.15) is 0 Å². The number of thiol groups is 1. The predicted octanol–water partition coefficient (Wildman–Crippen LogP) is 10.3. The second-order valence-corrected chi connectivity index (χ2v) is 10.4. The molecule has 46 heavy (non-hydrogen) atoms. The third kappa shape index (κ3) is 6.43. The number of hydrogen-bond donors (Lipinski definition) is 3. The molecule has 0 spiro atoms. The lowest BCUT2D eigenvalue weighted by molar-refractivity contribution is 0.159. The fourth-order valence-electron chi connectivity index (χ4n) is 5.18. The monoisotopic (exact) mass is 626 g/mol. The number of fused-ring (bicyclic) bond motifs is 6. The van der Waals surface area contributed by atoms with Crippen molar-refractivity contribution in [3.05, 3.63) is 158 Å². The number of anilines is 2. The minimum absolute atomic E-state index is 0.314. The summed E-state index contributed by atoms with van der Waals surface area (Å²) in [6, 6.07) is 30.4. The largest absolute Gasteiger partial charge is 0.464 e. The Morgan fingerprint density at radius 1 is 0.696 bits per heavy atom. The maximum Gasteiger partial charge on any atom is 0.445 e. The molecule has 1 aliphatic rings. The standard InChI is InChI=1S/C23H19NO2S.C15H11NO3/c1-2-3-4-5-6-11-16-24(23(25)26)21-19-14-9-7-12-17(19)18-13-8-10-15-20(18)22(21)27;1-10-11-6-2-3-7-12(11)13-8-4-5-9-14(13)16(19-10)15(17)18/h2-16,27H,1H2,(H,25,26);2-9H,1H2,(H,17,18)/b4-3+,6-5+,16-11+;. The van der Waals surface area contributed by atoms with Gasteiger partial charge in [0.15, 0.2) is 5.76 Å². The van der Waals surface area contributed by atoms with Crippen LogP contribution >= 0.6 is 12.6 Å². The third-order valence-electron chi connectivity index (χ3n) is 7.16. The fraction of sp³-hybridized carbons (Fsp3) is 0. The van der Waals surface area contributed by atoms with Gasteiger partial charge in [0.2, 0.25) is 0 Å². The topological polar surface area (TPSA) is 90.3 Å². The number of carboxylic acid groups (broad SMARTS) is 2. The molecule has 7 nitrogen and oxygen atoms in total. The zero-order valence-electron chi connectivity index (χ0n) is 24.7. The Balaban J connectivity index is 0.000000192. The van der Waals surface area contributed by atoms with Crippen LogP contribution in [0.25, 0.3) is 38.4 Å². The molecule has 1 heterocycles. The molecule has 6 rings (SSSR count). The van der Waals surface area contributed by atoms with E-state index in [0.717, 1.165) is 43.3 Å². The molecule has 2 amide bonds. The lowest BCUT2D eigenvalue weighted by atomic mass is 9.98. The Morgan fingerprint density at radius 2 is 1.22 bits per heavy atom. The summed E-state index contributed by atoms with van der Waals surface area (Å²) in [7, 11) is 0. The van der Waals surface area contributed by atoms with Crippen molar-refractivity contribution in [2.24, 2.45) is 0 Å². The van der Waals surface area contributed by atoms with Crippen molar-refractivity contribution in [1.82, 2.24) is 0 Å². The van der Waals surface area contributed by atoms with Crippen LogP contribution in [0.5, 0.6) is 0 Å². The number of benzene rings is 5. The van der Waals surface area contributed by atoms with Gasteiger partial charge >= 0.3 is 12.2 Å². The van der Waals surface area contributed by atoms with Crippen LogP contribution in [0.2, 0.25) is 0 Å².